The minimum Gasteiger partial charge on any atom is -0.456 e. The summed E-state index contributed by atoms with van der Waals surface area (Å²) in [5.41, 5.74) is 0.123. The van der Waals surface area contributed by atoms with Crippen LogP contribution >= 0.6 is 0 Å². The molecule has 1 heterocycles. The van der Waals surface area contributed by atoms with Gasteiger partial charge in [0.15, 0.2) is 27.9 Å². The van der Waals surface area contributed by atoms with Crippen molar-refractivity contribution in [3.8, 4) is 11.5 Å². The predicted molar refractivity (Wildman–Crippen MR) is 95.3 cm³/mol. The zero-order chi connectivity index (χ0) is 21.1. The Balaban J connectivity index is 1.46. The first-order valence-corrected chi connectivity index (χ1v) is 9.93. The SMILES string of the molecule is O=C(COC(=O)CCS(=O)(=O)c1ccccc1)Nc1ccc2c(c1)OC(F)(F)O2. The molecule has 0 saturated heterocycles. The number of hydrogen-bond donors (Lipinski definition) is 1. The first-order chi connectivity index (χ1) is 13.6. The topological polar surface area (TPSA) is 108 Å². The second-order valence-corrected chi connectivity index (χ2v) is 8.03. The van der Waals surface area contributed by atoms with Crippen molar-refractivity contribution in [3.63, 3.8) is 0 Å². The number of sulfone groups is 1. The van der Waals surface area contributed by atoms with Crippen LogP contribution in [-0.4, -0.2) is 38.9 Å². The van der Waals surface area contributed by atoms with Crippen molar-refractivity contribution >= 4 is 27.4 Å². The van der Waals surface area contributed by atoms with E-state index in [0.29, 0.717) is 0 Å². The molecule has 1 N–H and O–H groups in total. The largest absolute Gasteiger partial charge is 0.586 e. The summed E-state index contributed by atoms with van der Waals surface area (Å²) in [6, 6.07) is 11.2. The fraction of sp³-hybridized carbons (Fsp3) is 0.222. The number of hydrogen-bond acceptors (Lipinski definition) is 7. The summed E-state index contributed by atoms with van der Waals surface area (Å²) in [7, 11) is -3.65. The molecule has 0 saturated carbocycles. The number of ether oxygens (including phenoxy) is 3. The van der Waals surface area contributed by atoms with Crippen molar-refractivity contribution in [1.29, 1.82) is 0 Å². The number of benzene rings is 2. The van der Waals surface area contributed by atoms with Crippen LogP contribution in [0.3, 0.4) is 0 Å². The molecule has 154 valence electrons. The minimum atomic E-state index is -3.78. The molecule has 1 amide bonds. The van der Waals surface area contributed by atoms with Crippen LogP contribution in [0.4, 0.5) is 14.5 Å². The van der Waals surface area contributed by atoms with E-state index < -0.39 is 46.8 Å². The number of esters is 1. The number of amides is 1. The summed E-state index contributed by atoms with van der Waals surface area (Å²) in [5, 5.41) is 2.34. The molecule has 29 heavy (non-hydrogen) atoms. The van der Waals surface area contributed by atoms with Crippen molar-refractivity contribution in [3.05, 3.63) is 48.5 Å². The number of carbonyl (C=O) groups is 2. The Kier molecular flexibility index (Phi) is 5.69. The third kappa shape index (κ3) is 5.41. The smallest absolute Gasteiger partial charge is 0.456 e. The number of fused-ring (bicyclic) bond motifs is 1. The highest BCUT2D eigenvalue weighted by atomic mass is 32.2. The standard InChI is InChI=1S/C18H15F2NO7S/c19-18(20)27-14-7-6-12(10-15(14)28-18)21-16(22)11-26-17(23)8-9-29(24,25)13-4-2-1-3-5-13/h1-7,10H,8-9,11H2,(H,21,22). The summed E-state index contributed by atoms with van der Waals surface area (Å²) >= 11 is 0. The van der Waals surface area contributed by atoms with Gasteiger partial charge < -0.3 is 19.5 Å². The molecular weight excluding hydrogens is 412 g/mol. The van der Waals surface area contributed by atoms with Crippen molar-refractivity contribution < 1.29 is 41.0 Å². The lowest BCUT2D eigenvalue weighted by Crippen LogP contribution is -2.25. The van der Waals surface area contributed by atoms with Crippen molar-refractivity contribution in [1.82, 2.24) is 0 Å². The first kappa shape index (κ1) is 20.5. The first-order valence-electron chi connectivity index (χ1n) is 8.28. The van der Waals surface area contributed by atoms with E-state index in [4.69, 9.17) is 4.74 Å². The third-order valence-electron chi connectivity index (χ3n) is 3.73. The van der Waals surface area contributed by atoms with Gasteiger partial charge in [0.2, 0.25) is 0 Å². The fourth-order valence-corrected chi connectivity index (χ4v) is 3.65. The maximum atomic E-state index is 13.0. The van der Waals surface area contributed by atoms with Gasteiger partial charge in [0.25, 0.3) is 5.91 Å². The summed E-state index contributed by atoms with van der Waals surface area (Å²) in [6.07, 6.45) is -4.20. The van der Waals surface area contributed by atoms with Gasteiger partial charge in [-0.2, -0.15) is 0 Å². The number of alkyl halides is 2. The van der Waals surface area contributed by atoms with Gasteiger partial charge in [-0.1, -0.05) is 18.2 Å². The molecule has 3 rings (SSSR count). The second-order valence-electron chi connectivity index (χ2n) is 5.92. The molecule has 1 aliphatic rings. The Hall–Kier alpha value is -3.21. The second kappa shape index (κ2) is 8.03. The fourth-order valence-electron chi connectivity index (χ4n) is 2.41. The molecule has 2 aromatic rings. The van der Waals surface area contributed by atoms with Gasteiger partial charge in [0.05, 0.1) is 17.1 Å². The lowest BCUT2D eigenvalue weighted by atomic mass is 10.3. The van der Waals surface area contributed by atoms with E-state index in [0.717, 1.165) is 6.07 Å². The average molecular weight is 427 g/mol. The van der Waals surface area contributed by atoms with E-state index in [1.54, 1.807) is 18.2 Å². The number of nitrogens with one attached hydrogen (secondary N) is 1. The van der Waals surface area contributed by atoms with E-state index >= 15 is 0 Å². The highest BCUT2D eigenvalue weighted by Crippen LogP contribution is 2.42. The van der Waals surface area contributed by atoms with Gasteiger partial charge >= 0.3 is 12.3 Å². The van der Waals surface area contributed by atoms with Gasteiger partial charge in [0, 0.05) is 11.8 Å². The third-order valence-corrected chi connectivity index (χ3v) is 5.46. The van der Waals surface area contributed by atoms with Gasteiger partial charge in [-0.15, -0.1) is 8.78 Å². The van der Waals surface area contributed by atoms with Crippen molar-refractivity contribution in [2.45, 2.75) is 17.6 Å². The number of anilines is 1. The van der Waals surface area contributed by atoms with E-state index in [-0.39, 0.29) is 22.1 Å². The Labute approximate surface area is 164 Å². The molecule has 2 aromatic carbocycles. The Bertz CT molecular complexity index is 1030. The summed E-state index contributed by atoms with van der Waals surface area (Å²) < 4.78 is 63.4. The molecule has 0 aromatic heterocycles. The van der Waals surface area contributed by atoms with Gasteiger partial charge in [-0.3, -0.25) is 9.59 Å². The van der Waals surface area contributed by atoms with Crippen LogP contribution in [0.2, 0.25) is 0 Å². The molecule has 0 fully saturated rings. The zero-order valence-electron chi connectivity index (χ0n) is 14.8. The molecule has 0 aliphatic carbocycles. The zero-order valence-corrected chi connectivity index (χ0v) is 15.6. The van der Waals surface area contributed by atoms with Crippen LogP contribution in [0, 0.1) is 0 Å². The van der Waals surface area contributed by atoms with Gasteiger partial charge in [0.1, 0.15) is 0 Å². The molecule has 1 aliphatic heterocycles. The molecule has 0 radical (unpaired) electrons. The summed E-state index contributed by atoms with van der Waals surface area (Å²) in [6.45, 7) is -0.672. The highest BCUT2D eigenvalue weighted by molar-refractivity contribution is 7.91. The van der Waals surface area contributed by atoms with Crippen LogP contribution in [0.15, 0.2) is 53.4 Å². The normalized spacial score (nSPS) is 14.3. The van der Waals surface area contributed by atoms with E-state index in [1.807, 2.05) is 0 Å². The molecule has 0 bridgehead atoms. The van der Waals surface area contributed by atoms with Crippen LogP contribution in [0.5, 0.6) is 11.5 Å². The van der Waals surface area contributed by atoms with Gasteiger partial charge in [-0.25, -0.2) is 8.42 Å². The lowest BCUT2D eigenvalue weighted by molar-refractivity contribution is -0.286. The highest BCUT2D eigenvalue weighted by Gasteiger charge is 2.43. The van der Waals surface area contributed by atoms with Gasteiger partial charge in [-0.05, 0) is 24.3 Å². The minimum absolute atomic E-state index is 0.0823. The maximum Gasteiger partial charge on any atom is 0.586 e. The summed E-state index contributed by atoms with van der Waals surface area (Å²) in [5.74, 6) is -2.51. The lowest BCUT2D eigenvalue weighted by Gasteiger charge is -2.08. The Morgan fingerprint density at radius 1 is 1.03 bits per heavy atom. The molecule has 0 unspecified atom stereocenters. The number of rotatable bonds is 7. The Morgan fingerprint density at radius 3 is 2.45 bits per heavy atom. The Morgan fingerprint density at radius 2 is 1.72 bits per heavy atom. The predicted octanol–water partition coefficient (Wildman–Crippen LogP) is 2.35. The van der Waals surface area contributed by atoms with Crippen LogP contribution in [-0.2, 0) is 24.2 Å². The van der Waals surface area contributed by atoms with Crippen molar-refractivity contribution in [2.75, 3.05) is 17.7 Å². The van der Waals surface area contributed by atoms with E-state index in [2.05, 4.69) is 14.8 Å². The van der Waals surface area contributed by atoms with E-state index in [1.165, 1.54) is 24.3 Å². The number of carbonyl (C=O) groups excluding carboxylic acids is 2. The van der Waals surface area contributed by atoms with Crippen LogP contribution < -0.4 is 14.8 Å². The molecular formula is C18H15F2NO7S. The summed E-state index contributed by atoms with van der Waals surface area (Å²) in [4.78, 5) is 23.6. The van der Waals surface area contributed by atoms with Crippen molar-refractivity contribution in [2.24, 2.45) is 0 Å². The van der Waals surface area contributed by atoms with E-state index in [9.17, 15) is 26.8 Å². The van der Waals surface area contributed by atoms with Crippen LogP contribution in [0.25, 0.3) is 0 Å². The molecule has 8 nitrogen and oxygen atoms in total. The van der Waals surface area contributed by atoms with Crippen LogP contribution in [0.1, 0.15) is 6.42 Å². The maximum absolute atomic E-state index is 13.0. The monoisotopic (exact) mass is 427 g/mol. The molecule has 0 spiro atoms. The average Bonchev–Trinajstić information content (AvgIpc) is 2.98. The molecule has 0 atom stereocenters. The quantitative estimate of drug-likeness (QED) is 0.676. The molecule has 11 heteroatoms. The number of halogens is 2.